The van der Waals surface area contributed by atoms with Gasteiger partial charge < -0.3 is 20.5 Å². The van der Waals surface area contributed by atoms with Crippen molar-refractivity contribution in [3.8, 4) is 11.1 Å². The molecular formula is C23H22N4O5. The van der Waals surface area contributed by atoms with Crippen molar-refractivity contribution in [3.05, 3.63) is 71.5 Å². The number of ether oxygens (including phenoxy) is 1. The molecule has 0 saturated carbocycles. The average molecular weight is 434 g/mol. The number of alkyl carbamates (subject to hydrolysis) is 1. The van der Waals surface area contributed by atoms with Gasteiger partial charge in [0.15, 0.2) is 5.69 Å². The molecule has 0 radical (unpaired) electrons. The highest BCUT2D eigenvalue weighted by molar-refractivity contribution is 6.01. The van der Waals surface area contributed by atoms with Crippen LogP contribution in [0.25, 0.3) is 11.1 Å². The van der Waals surface area contributed by atoms with Crippen LogP contribution >= 0.6 is 0 Å². The number of rotatable bonds is 6. The van der Waals surface area contributed by atoms with Crippen molar-refractivity contribution in [2.75, 3.05) is 11.9 Å². The summed E-state index contributed by atoms with van der Waals surface area (Å²) in [6, 6.07) is 15.0. The fourth-order valence-electron chi connectivity index (χ4n) is 3.91. The first kappa shape index (κ1) is 21.1. The SMILES string of the molecule is CC(NC(=O)OCC1c2ccccc2-c2ccccc21)C(=O)Nc1cnn(C)c1C(=O)O. The lowest BCUT2D eigenvalue weighted by atomic mass is 9.98. The predicted octanol–water partition coefficient (Wildman–Crippen LogP) is 2.98. The van der Waals surface area contributed by atoms with Crippen LogP contribution in [0.1, 0.15) is 34.5 Å². The fourth-order valence-corrected chi connectivity index (χ4v) is 3.91. The quantitative estimate of drug-likeness (QED) is 0.548. The molecule has 164 valence electrons. The largest absolute Gasteiger partial charge is 0.476 e. The molecule has 1 aliphatic carbocycles. The summed E-state index contributed by atoms with van der Waals surface area (Å²) < 4.78 is 6.58. The third kappa shape index (κ3) is 3.92. The summed E-state index contributed by atoms with van der Waals surface area (Å²) in [5.41, 5.74) is 4.30. The second-order valence-electron chi connectivity index (χ2n) is 7.52. The summed E-state index contributed by atoms with van der Waals surface area (Å²) in [7, 11) is 1.46. The lowest BCUT2D eigenvalue weighted by molar-refractivity contribution is -0.117. The molecule has 1 unspecified atom stereocenters. The number of carboxylic acid groups (broad SMARTS) is 1. The van der Waals surface area contributed by atoms with Crippen molar-refractivity contribution in [2.24, 2.45) is 7.05 Å². The maximum Gasteiger partial charge on any atom is 0.407 e. The van der Waals surface area contributed by atoms with Crippen LogP contribution in [-0.2, 0) is 16.6 Å². The maximum atomic E-state index is 12.4. The molecule has 1 heterocycles. The number of anilines is 1. The first-order chi connectivity index (χ1) is 15.4. The van der Waals surface area contributed by atoms with Gasteiger partial charge in [0.05, 0.1) is 11.9 Å². The number of fused-ring (bicyclic) bond motifs is 3. The van der Waals surface area contributed by atoms with Crippen molar-refractivity contribution in [1.82, 2.24) is 15.1 Å². The van der Waals surface area contributed by atoms with Gasteiger partial charge in [0.2, 0.25) is 5.91 Å². The molecule has 32 heavy (non-hydrogen) atoms. The van der Waals surface area contributed by atoms with Gasteiger partial charge in [-0.2, -0.15) is 5.10 Å². The number of hydrogen-bond donors (Lipinski definition) is 3. The zero-order chi connectivity index (χ0) is 22.8. The molecule has 9 nitrogen and oxygen atoms in total. The molecule has 0 fully saturated rings. The number of amides is 2. The molecule has 1 aliphatic rings. The van der Waals surface area contributed by atoms with E-state index in [1.807, 2.05) is 48.5 Å². The van der Waals surface area contributed by atoms with Gasteiger partial charge in [-0.25, -0.2) is 9.59 Å². The van der Waals surface area contributed by atoms with Gasteiger partial charge >= 0.3 is 12.1 Å². The third-order valence-electron chi connectivity index (χ3n) is 5.47. The Kier molecular flexibility index (Phi) is 5.63. The first-order valence-corrected chi connectivity index (χ1v) is 10.0. The summed E-state index contributed by atoms with van der Waals surface area (Å²) >= 11 is 0. The standard InChI is InChI=1S/C23H22N4O5/c1-13(21(28)26-19-11-24-27(2)20(19)22(29)30)25-23(31)32-12-18-16-9-5-3-7-14(16)15-8-4-6-10-17(15)18/h3-11,13,18H,12H2,1-2H3,(H,25,31)(H,26,28)(H,29,30). The van der Waals surface area contributed by atoms with E-state index in [1.54, 1.807) is 0 Å². The van der Waals surface area contributed by atoms with Crippen LogP contribution < -0.4 is 10.6 Å². The Balaban J connectivity index is 1.37. The van der Waals surface area contributed by atoms with Gasteiger partial charge in [-0.05, 0) is 29.2 Å². The molecule has 0 aliphatic heterocycles. The molecule has 3 aromatic rings. The van der Waals surface area contributed by atoms with Crippen LogP contribution in [0.5, 0.6) is 0 Å². The molecule has 1 aromatic heterocycles. The van der Waals surface area contributed by atoms with Crippen molar-refractivity contribution < 1.29 is 24.2 Å². The van der Waals surface area contributed by atoms with Crippen LogP contribution in [0.15, 0.2) is 54.7 Å². The number of aryl methyl sites for hydroxylation is 1. The molecule has 0 bridgehead atoms. The minimum Gasteiger partial charge on any atom is -0.476 e. The normalized spacial score (nSPS) is 13.1. The van der Waals surface area contributed by atoms with E-state index in [2.05, 4.69) is 15.7 Å². The average Bonchev–Trinajstić information content (AvgIpc) is 3.29. The van der Waals surface area contributed by atoms with Crippen LogP contribution in [-0.4, -0.2) is 45.5 Å². The van der Waals surface area contributed by atoms with Crippen LogP contribution in [0, 0.1) is 0 Å². The molecule has 0 saturated heterocycles. The van der Waals surface area contributed by atoms with Gasteiger partial charge in [-0.1, -0.05) is 48.5 Å². The number of benzene rings is 2. The number of nitrogens with zero attached hydrogens (tertiary/aromatic N) is 2. The molecule has 2 aromatic carbocycles. The van der Waals surface area contributed by atoms with Gasteiger partial charge in [-0.15, -0.1) is 0 Å². The number of aromatic carboxylic acids is 1. The summed E-state index contributed by atoms with van der Waals surface area (Å²) in [5, 5.41) is 18.0. The molecule has 3 N–H and O–H groups in total. The second kappa shape index (κ2) is 8.54. The monoisotopic (exact) mass is 434 g/mol. The van der Waals surface area contributed by atoms with Crippen molar-refractivity contribution in [2.45, 2.75) is 18.9 Å². The van der Waals surface area contributed by atoms with Gasteiger partial charge in [0.25, 0.3) is 0 Å². The highest BCUT2D eigenvalue weighted by Gasteiger charge is 2.29. The van der Waals surface area contributed by atoms with Gasteiger partial charge in [-0.3, -0.25) is 9.48 Å². The Labute approximate surface area is 184 Å². The zero-order valence-corrected chi connectivity index (χ0v) is 17.5. The number of carbonyl (C=O) groups excluding carboxylic acids is 2. The molecule has 4 rings (SSSR count). The number of carboxylic acids is 1. The van der Waals surface area contributed by atoms with Crippen molar-refractivity contribution in [1.29, 1.82) is 0 Å². The van der Waals surface area contributed by atoms with E-state index >= 15 is 0 Å². The Morgan fingerprint density at radius 1 is 1.09 bits per heavy atom. The lowest BCUT2D eigenvalue weighted by Crippen LogP contribution is -2.42. The Morgan fingerprint density at radius 3 is 2.28 bits per heavy atom. The van der Waals surface area contributed by atoms with Crippen LogP contribution in [0.4, 0.5) is 10.5 Å². The second-order valence-corrected chi connectivity index (χ2v) is 7.52. The molecule has 2 amide bonds. The lowest BCUT2D eigenvalue weighted by Gasteiger charge is -2.17. The topological polar surface area (TPSA) is 123 Å². The highest BCUT2D eigenvalue weighted by Crippen LogP contribution is 2.44. The van der Waals surface area contributed by atoms with E-state index in [4.69, 9.17) is 4.74 Å². The molecule has 1 atom stereocenters. The first-order valence-electron chi connectivity index (χ1n) is 10.0. The zero-order valence-electron chi connectivity index (χ0n) is 17.5. The van der Waals surface area contributed by atoms with E-state index < -0.39 is 24.0 Å². The molecule has 0 spiro atoms. The van der Waals surface area contributed by atoms with Crippen LogP contribution in [0.2, 0.25) is 0 Å². The minimum atomic E-state index is -1.22. The summed E-state index contributed by atoms with van der Waals surface area (Å²) in [5.74, 6) is -1.91. The van der Waals surface area contributed by atoms with E-state index in [0.29, 0.717) is 0 Å². The summed E-state index contributed by atoms with van der Waals surface area (Å²) in [6.07, 6.45) is 0.501. The van der Waals surface area contributed by atoms with Crippen molar-refractivity contribution >= 4 is 23.7 Å². The van der Waals surface area contributed by atoms with Gasteiger partial charge in [0.1, 0.15) is 12.6 Å². The smallest absolute Gasteiger partial charge is 0.407 e. The van der Waals surface area contributed by atoms with Crippen molar-refractivity contribution in [3.63, 3.8) is 0 Å². The summed E-state index contributed by atoms with van der Waals surface area (Å²) in [6.45, 7) is 1.60. The Bertz CT molecular complexity index is 1160. The number of nitrogens with one attached hydrogen (secondary N) is 2. The van der Waals surface area contributed by atoms with E-state index in [0.717, 1.165) is 26.9 Å². The maximum absolute atomic E-state index is 12.4. The Hall–Kier alpha value is -4.14. The van der Waals surface area contributed by atoms with E-state index in [-0.39, 0.29) is 23.9 Å². The predicted molar refractivity (Wildman–Crippen MR) is 116 cm³/mol. The fraction of sp³-hybridized carbons (Fsp3) is 0.217. The third-order valence-corrected chi connectivity index (χ3v) is 5.47. The van der Waals surface area contributed by atoms with Crippen LogP contribution in [0.3, 0.4) is 0 Å². The number of aromatic nitrogens is 2. The molecule has 9 heteroatoms. The van der Waals surface area contributed by atoms with E-state index in [1.165, 1.54) is 20.2 Å². The minimum absolute atomic E-state index is 0.0474. The molecular weight excluding hydrogens is 412 g/mol. The highest BCUT2D eigenvalue weighted by atomic mass is 16.5. The summed E-state index contributed by atoms with van der Waals surface area (Å²) in [4.78, 5) is 36.1. The van der Waals surface area contributed by atoms with E-state index in [9.17, 15) is 19.5 Å². The number of carbonyl (C=O) groups is 3. The Morgan fingerprint density at radius 2 is 1.69 bits per heavy atom. The number of hydrogen-bond acceptors (Lipinski definition) is 5. The van der Waals surface area contributed by atoms with Gasteiger partial charge in [0, 0.05) is 13.0 Å².